The van der Waals surface area contributed by atoms with Gasteiger partial charge in [-0.2, -0.15) is 4.99 Å². The lowest BCUT2D eigenvalue weighted by Crippen LogP contribution is -2.43. The minimum absolute atomic E-state index is 0.197. The van der Waals surface area contributed by atoms with Crippen molar-refractivity contribution in [1.29, 1.82) is 0 Å². The van der Waals surface area contributed by atoms with E-state index in [1.807, 2.05) is 0 Å². The monoisotopic (exact) mass is 270 g/mol. The SMILES string of the molecule is COC(=O)N(C)/C(=N/C(=O)NC1CCCC1)N(C)C. The van der Waals surface area contributed by atoms with Crippen LogP contribution in [0.4, 0.5) is 9.59 Å². The third-order valence-corrected chi connectivity index (χ3v) is 3.03. The summed E-state index contributed by atoms with van der Waals surface area (Å²) in [5.74, 6) is 0.238. The van der Waals surface area contributed by atoms with Crippen molar-refractivity contribution in [1.82, 2.24) is 15.1 Å². The molecule has 1 rings (SSSR count). The average Bonchev–Trinajstić information content (AvgIpc) is 2.86. The van der Waals surface area contributed by atoms with Gasteiger partial charge in [0.25, 0.3) is 0 Å². The first-order valence-electron chi connectivity index (χ1n) is 6.34. The molecule has 0 radical (unpaired) electrons. The average molecular weight is 270 g/mol. The van der Waals surface area contributed by atoms with Crippen LogP contribution in [0.2, 0.25) is 0 Å². The smallest absolute Gasteiger partial charge is 0.416 e. The topological polar surface area (TPSA) is 74.2 Å². The molecule has 1 saturated carbocycles. The van der Waals surface area contributed by atoms with Gasteiger partial charge in [0, 0.05) is 27.2 Å². The van der Waals surface area contributed by atoms with Gasteiger partial charge in [0.1, 0.15) is 0 Å². The minimum Gasteiger partial charge on any atom is -0.452 e. The number of ether oxygens (including phenoxy) is 1. The van der Waals surface area contributed by atoms with E-state index in [1.54, 1.807) is 19.0 Å². The molecule has 1 aliphatic carbocycles. The summed E-state index contributed by atoms with van der Waals surface area (Å²) >= 11 is 0. The van der Waals surface area contributed by atoms with Gasteiger partial charge >= 0.3 is 12.1 Å². The number of aliphatic imine (C=N–C) groups is 1. The fourth-order valence-corrected chi connectivity index (χ4v) is 2.06. The first-order valence-corrected chi connectivity index (χ1v) is 6.34. The third-order valence-electron chi connectivity index (χ3n) is 3.03. The molecule has 108 valence electrons. The lowest BCUT2D eigenvalue weighted by Gasteiger charge is -2.23. The number of methoxy groups -OCH3 is 1. The molecule has 0 aromatic heterocycles. The Morgan fingerprint density at radius 3 is 2.26 bits per heavy atom. The van der Waals surface area contributed by atoms with Crippen molar-refractivity contribution in [2.24, 2.45) is 4.99 Å². The number of nitrogens with zero attached hydrogens (tertiary/aromatic N) is 3. The number of amides is 3. The first kappa shape index (κ1) is 15.3. The molecule has 0 heterocycles. The number of guanidine groups is 1. The molecule has 7 nitrogen and oxygen atoms in total. The summed E-state index contributed by atoms with van der Waals surface area (Å²) in [4.78, 5) is 30.0. The molecule has 0 aliphatic heterocycles. The summed E-state index contributed by atoms with van der Waals surface area (Å²) in [5, 5.41) is 2.84. The van der Waals surface area contributed by atoms with Gasteiger partial charge in [-0.15, -0.1) is 0 Å². The summed E-state index contributed by atoms with van der Waals surface area (Å²) in [7, 11) is 6.21. The van der Waals surface area contributed by atoms with Crippen molar-refractivity contribution < 1.29 is 14.3 Å². The van der Waals surface area contributed by atoms with E-state index in [9.17, 15) is 9.59 Å². The molecular weight excluding hydrogens is 248 g/mol. The molecule has 3 amide bonds. The van der Waals surface area contributed by atoms with E-state index in [-0.39, 0.29) is 12.0 Å². The van der Waals surface area contributed by atoms with Gasteiger partial charge in [0.15, 0.2) is 0 Å². The Balaban J connectivity index is 2.70. The van der Waals surface area contributed by atoms with E-state index >= 15 is 0 Å². The van der Waals surface area contributed by atoms with Crippen LogP contribution in [-0.2, 0) is 4.74 Å². The number of hydrogen-bond donors (Lipinski definition) is 1. The highest BCUT2D eigenvalue weighted by molar-refractivity contribution is 5.99. The Morgan fingerprint density at radius 1 is 1.21 bits per heavy atom. The minimum atomic E-state index is -0.568. The molecule has 0 bridgehead atoms. The zero-order valence-electron chi connectivity index (χ0n) is 12.0. The van der Waals surface area contributed by atoms with Crippen molar-refractivity contribution >= 4 is 18.1 Å². The number of carbonyl (C=O) groups excluding carboxylic acids is 2. The molecule has 0 saturated heterocycles. The summed E-state index contributed by atoms with van der Waals surface area (Å²) in [6.07, 6.45) is 3.69. The van der Waals surface area contributed by atoms with Gasteiger partial charge in [-0.3, -0.25) is 4.90 Å². The maximum atomic E-state index is 11.8. The number of urea groups is 1. The van der Waals surface area contributed by atoms with E-state index in [0.29, 0.717) is 0 Å². The molecule has 0 aromatic rings. The predicted octanol–water partition coefficient (Wildman–Crippen LogP) is 1.25. The van der Waals surface area contributed by atoms with Crippen molar-refractivity contribution in [3.8, 4) is 0 Å². The molecule has 0 atom stereocenters. The van der Waals surface area contributed by atoms with E-state index in [0.717, 1.165) is 25.7 Å². The van der Waals surface area contributed by atoms with Crippen LogP contribution in [-0.4, -0.2) is 62.2 Å². The highest BCUT2D eigenvalue weighted by Crippen LogP contribution is 2.17. The summed E-state index contributed by atoms with van der Waals surface area (Å²) in [6, 6.07) is -0.227. The largest absolute Gasteiger partial charge is 0.452 e. The molecule has 1 fully saturated rings. The fourth-order valence-electron chi connectivity index (χ4n) is 2.06. The summed E-state index contributed by atoms with van der Waals surface area (Å²) < 4.78 is 4.61. The standard InChI is InChI=1S/C12H22N4O3/c1-15(2)11(16(3)12(18)19-4)14-10(17)13-9-7-5-6-8-9/h9H,5-8H2,1-4H3,(H,13,17)/b14-11+. The van der Waals surface area contributed by atoms with E-state index in [4.69, 9.17) is 0 Å². The van der Waals surface area contributed by atoms with Crippen LogP contribution in [0.1, 0.15) is 25.7 Å². The Hall–Kier alpha value is -1.79. The molecule has 1 N–H and O–H groups in total. The van der Waals surface area contributed by atoms with Gasteiger partial charge in [-0.1, -0.05) is 12.8 Å². The molecule has 1 aliphatic rings. The lowest BCUT2D eigenvalue weighted by molar-refractivity contribution is 0.149. The molecular formula is C12H22N4O3. The van der Waals surface area contributed by atoms with E-state index in [1.165, 1.54) is 19.1 Å². The maximum Gasteiger partial charge on any atom is 0.416 e. The van der Waals surface area contributed by atoms with Crippen LogP contribution in [0.5, 0.6) is 0 Å². The van der Waals surface area contributed by atoms with Crippen LogP contribution in [0, 0.1) is 0 Å². The fraction of sp³-hybridized carbons (Fsp3) is 0.750. The second-order valence-corrected chi connectivity index (χ2v) is 4.77. The lowest BCUT2D eigenvalue weighted by atomic mass is 10.3. The Labute approximate surface area is 113 Å². The Kier molecular flexibility index (Phi) is 5.59. The first-order chi connectivity index (χ1) is 8.95. The normalized spacial score (nSPS) is 16.1. The van der Waals surface area contributed by atoms with Crippen molar-refractivity contribution in [2.45, 2.75) is 31.7 Å². The maximum absolute atomic E-state index is 11.8. The molecule has 0 aromatic carbocycles. The summed E-state index contributed by atoms with van der Waals surface area (Å²) in [6.45, 7) is 0. The molecule has 0 unspecified atom stereocenters. The van der Waals surface area contributed by atoms with Crippen LogP contribution in [0.3, 0.4) is 0 Å². The quantitative estimate of drug-likeness (QED) is 0.575. The van der Waals surface area contributed by atoms with Crippen molar-refractivity contribution in [3.05, 3.63) is 0 Å². The number of rotatable bonds is 1. The van der Waals surface area contributed by atoms with E-state index < -0.39 is 12.1 Å². The zero-order chi connectivity index (χ0) is 14.4. The Bertz CT molecular complexity index is 362. The van der Waals surface area contributed by atoms with Crippen LogP contribution < -0.4 is 5.32 Å². The number of hydrogen-bond acceptors (Lipinski definition) is 3. The molecule has 19 heavy (non-hydrogen) atoms. The second-order valence-electron chi connectivity index (χ2n) is 4.77. The van der Waals surface area contributed by atoms with Crippen LogP contribution in [0.25, 0.3) is 0 Å². The highest BCUT2D eigenvalue weighted by atomic mass is 16.5. The van der Waals surface area contributed by atoms with E-state index in [2.05, 4.69) is 15.0 Å². The summed E-state index contributed by atoms with van der Waals surface area (Å²) in [5.41, 5.74) is 0. The number of nitrogens with one attached hydrogen (secondary N) is 1. The van der Waals surface area contributed by atoms with Crippen LogP contribution >= 0.6 is 0 Å². The van der Waals surface area contributed by atoms with Gasteiger partial charge in [0.2, 0.25) is 5.96 Å². The number of carbonyl (C=O) groups is 2. The zero-order valence-corrected chi connectivity index (χ0v) is 12.0. The predicted molar refractivity (Wildman–Crippen MR) is 72.1 cm³/mol. The van der Waals surface area contributed by atoms with Crippen molar-refractivity contribution in [3.63, 3.8) is 0 Å². The Morgan fingerprint density at radius 2 is 1.79 bits per heavy atom. The second kappa shape index (κ2) is 6.96. The highest BCUT2D eigenvalue weighted by Gasteiger charge is 2.21. The third kappa shape index (κ3) is 4.42. The van der Waals surface area contributed by atoms with Gasteiger partial charge in [-0.25, -0.2) is 9.59 Å². The molecule has 7 heteroatoms. The molecule has 0 spiro atoms. The van der Waals surface area contributed by atoms with Gasteiger partial charge < -0.3 is 15.0 Å². The van der Waals surface area contributed by atoms with Crippen molar-refractivity contribution in [2.75, 3.05) is 28.3 Å². The van der Waals surface area contributed by atoms with Gasteiger partial charge in [-0.05, 0) is 12.8 Å². The van der Waals surface area contributed by atoms with Crippen LogP contribution in [0.15, 0.2) is 4.99 Å². The van der Waals surface area contributed by atoms with Gasteiger partial charge in [0.05, 0.1) is 7.11 Å².